The average Bonchev–Trinajstić information content (AvgIpc) is 2.98. The minimum atomic E-state index is -3.40. The second-order valence-electron chi connectivity index (χ2n) is 7.33. The molecule has 8 nitrogen and oxygen atoms in total. The monoisotopic (exact) mass is 427 g/mol. The number of carboxylic acid groups (broad SMARTS) is 1. The molecule has 1 fully saturated rings. The first kappa shape index (κ1) is 21.5. The third-order valence-electron chi connectivity index (χ3n) is 5.39. The Morgan fingerprint density at radius 1 is 1.41 bits per heavy atom. The highest BCUT2D eigenvalue weighted by Crippen LogP contribution is 2.39. The lowest BCUT2D eigenvalue weighted by atomic mass is 9.87. The summed E-state index contributed by atoms with van der Waals surface area (Å²) in [6.07, 6.45) is 2.64. The average molecular weight is 427 g/mol. The summed E-state index contributed by atoms with van der Waals surface area (Å²) in [4.78, 5) is 12.0. The van der Waals surface area contributed by atoms with Gasteiger partial charge in [0, 0.05) is 18.5 Å². The van der Waals surface area contributed by atoms with Gasteiger partial charge in [0.1, 0.15) is 11.4 Å². The lowest BCUT2D eigenvalue weighted by Gasteiger charge is -2.24. The standard InChI is InChI=1S/C19H26FN3O5S/c1-11-15-14(10-13(17(11)20)12-4-6-21-7-5-12)23(9-8-22-29(3,26)27)18(28-2)16(15)19(24)25/h10,12,21-22H,4-9H2,1-3H3,(H,24,25). The molecular formula is C19H26FN3O5S. The van der Waals surface area contributed by atoms with E-state index >= 15 is 4.39 Å². The Kier molecular flexibility index (Phi) is 6.16. The Hall–Kier alpha value is -2.17. The maximum Gasteiger partial charge on any atom is 0.341 e. The normalized spacial score (nSPS) is 15.7. The zero-order chi connectivity index (χ0) is 21.3. The number of fused-ring (bicyclic) bond motifs is 1. The van der Waals surface area contributed by atoms with E-state index in [1.807, 2.05) is 0 Å². The van der Waals surface area contributed by atoms with Crippen LogP contribution < -0.4 is 14.8 Å². The van der Waals surface area contributed by atoms with Crippen LogP contribution in [0.2, 0.25) is 0 Å². The second kappa shape index (κ2) is 8.29. The van der Waals surface area contributed by atoms with Crippen molar-refractivity contribution >= 4 is 26.9 Å². The predicted molar refractivity (Wildman–Crippen MR) is 108 cm³/mol. The summed E-state index contributed by atoms with van der Waals surface area (Å²) in [6, 6.07) is 1.70. The van der Waals surface area contributed by atoms with E-state index in [4.69, 9.17) is 4.74 Å². The van der Waals surface area contributed by atoms with Crippen molar-refractivity contribution in [1.29, 1.82) is 0 Å². The Bertz CT molecular complexity index is 1040. The molecule has 3 N–H and O–H groups in total. The summed E-state index contributed by atoms with van der Waals surface area (Å²) in [5.41, 5.74) is 1.24. The molecule has 2 aromatic rings. The largest absolute Gasteiger partial charge is 0.482 e. The third kappa shape index (κ3) is 4.24. The number of hydrogen-bond acceptors (Lipinski definition) is 5. The molecule has 2 heterocycles. The van der Waals surface area contributed by atoms with E-state index in [9.17, 15) is 18.3 Å². The highest BCUT2D eigenvalue weighted by Gasteiger charge is 2.29. The van der Waals surface area contributed by atoms with Crippen LogP contribution in [0.5, 0.6) is 5.88 Å². The van der Waals surface area contributed by atoms with Crippen LogP contribution in [0.1, 0.15) is 40.2 Å². The molecule has 1 aromatic carbocycles. The molecule has 0 amide bonds. The Morgan fingerprint density at radius 3 is 2.62 bits per heavy atom. The van der Waals surface area contributed by atoms with E-state index in [0.29, 0.717) is 11.1 Å². The van der Waals surface area contributed by atoms with Crippen molar-refractivity contribution in [2.75, 3.05) is 33.0 Å². The summed E-state index contributed by atoms with van der Waals surface area (Å²) in [7, 11) is -2.06. The highest BCUT2D eigenvalue weighted by atomic mass is 32.2. The maximum atomic E-state index is 15.3. The molecular weight excluding hydrogens is 401 g/mol. The number of hydrogen-bond donors (Lipinski definition) is 3. The van der Waals surface area contributed by atoms with Gasteiger partial charge in [-0.05, 0) is 56.0 Å². The Labute approximate surface area is 169 Å². The first-order valence-corrected chi connectivity index (χ1v) is 11.3. The zero-order valence-electron chi connectivity index (χ0n) is 16.7. The molecule has 10 heteroatoms. The van der Waals surface area contributed by atoms with Gasteiger partial charge in [0.2, 0.25) is 15.9 Å². The highest BCUT2D eigenvalue weighted by molar-refractivity contribution is 7.88. The molecule has 29 heavy (non-hydrogen) atoms. The van der Waals surface area contributed by atoms with E-state index in [0.717, 1.165) is 32.2 Å². The number of carboxylic acids is 1. The van der Waals surface area contributed by atoms with E-state index in [1.54, 1.807) is 17.6 Å². The quantitative estimate of drug-likeness (QED) is 0.622. The van der Waals surface area contributed by atoms with Crippen molar-refractivity contribution in [3.63, 3.8) is 0 Å². The van der Waals surface area contributed by atoms with Crippen molar-refractivity contribution in [2.45, 2.75) is 32.2 Å². The number of aromatic carboxylic acids is 1. The Balaban J connectivity index is 2.20. The number of nitrogens with one attached hydrogen (secondary N) is 2. The van der Waals surface area contributed by atoms with Crippen LogP contribution in [-0.4, -0.2) is 57.1 Å². The van der Waals surface area contributed by atoms with Crippen LogP contribution in [0, 0.1) is 12.7 Å². The van der Waals surface area contributed by atoms with Crippen LogP contribution in [0.4, 0.5) is 4.39 Å². The van der Waals surface area contributed by atoms with Gasteiger partial charge in [-0.2, -0.15) is 0 Å². The molecule has 1 aliphatic heterocycles. The van der Waals surface area contributed by atoms with Gasteiger partial charge in [0.05, 0.1) is 18.9 Å². The number of rotatable bonds is 7. The van der Waals surface area contributed by atoms with Gasteiger partial charge in [-0.3, -0.25) is 0 Å². The van der Waals surface area contributed by atoms with Crippen molar-refractivity contribution in [1.82, 2.24) is 14.6 Å². The summed E-state index contributed by atoms with van der Waals surface area (Å²) in [5.74, 6) is -1.50. The first-order valence-electron chi connectivity index (χ1n) is 9.43. The molecule has 0 aliphatic carbocycles. The number of ether oxygens (including phenoxy) is 1. The summed E-state index contributed by atoms with van der Waals surface area (Å²) in [5, 5.41) is 13.3. The van der Waals surface area contributed by atoms with Crippen LogP contribution in [-0.2, 0) is 16.6 Å². The molecule has 3 rings (SSSR count). The van der Waals surface area contributed by atoms with Crippen LogP contribution in [0.25, 0.3) is 10.9 Å². The fourth-order valence-corrected chi connectivity index (χ4v) is 4.55. The second-order valence-corrected chi connectivity index (χ2v) is 9.16. The molecule has 0 spiro atoms. The van der Waals surface area contributed by atoms with Crippen molar-refractivity contribution < 1.29 is 27.4 Å². The molecule has 1 aromatic heterocycles. The van der Waals surface area contributed by atoms with Crippen LogP contribution in [0.15, 0.2) is 6.07 Å². The number of carbonyl (C=O) groups is 1. The van der Waals surface area contributed by atoms with Gasteiger partial charge < -0.3 is 19.7 Å². The fourth-order valence-electron chi connectivity index (χ4n) is 4.09. The zero-order valence-corrected chi connectivity index (χ0v) is 17.5. The first-order chi connectivity index (χ1) is 13.7. The molecule has 0 atom stereocenters. The molecule has 160 valence electrons. The minimum absolute atomic E-state index is 0.0381. The summed E-state index contributed by atoms with van der Waals surface area (Å²) in [6.45, 7) is 3.37. The topological polar surface area (TPSA) is 110 Å². The number of sulfonamides is 1. The van der Waals surface area contributed by atoms with Crippen LogP contribution >= 0.6 is 0 Å². The molecule has 1 aliphatic rings. The van der Waals surface area contributed by atoms with Crippen molar-refractivity contribution in [3.05, 3.63) is 28.6 Å². The number of nitrogens with zero attached hydrogens (tertiary/aromatic N) is 1. The number of aryl methyl sites for hydroxylation is 1. The fraction of sp³-hybridized carbons (Fsp3) is 0.526. The van der Waals surface area contributed by atoms with E-state index < -0.39 is 16.0 Å². The SMILES string of the molecule is COc1c(C(=O)O)c2c(C)c(F)c(C3CCNCC3)cc2n1CCNS(C)(=O)=O. The third-order valence-corrected chi connectivity index (χ3v) is 6.12. The number of aromatic nitrogens is 1. The maximum absolute atomic E-state index is 15.3. The van der Waals surface area contributed by atoms with Gasteiger partial charge in [-0.15, -0.1) is 0 Å². The van der Waals surface area contributed by atoms with Gasteiger partial charge in [0.25, 0.3) is 0 Å². The van der Waals surface area contributed by atoms with E-state index in [2.05, 4.69) is 10.0 Å². The smallest absolute Gasteiger partial charge is 0.341 e. The number of halogens is 1. The van der Waals surface area contributed by atoms with E-state index in [-0.39, 0.29) is 47.2 Å². The molecule has 0 saturated carbocycles. The molecule has 1 saturated heterocycles. The van der Waals surface area contributed by atoms with Crippen molar-refractivity contribution in [2.24, 2.45) is 0 Å². The lowest BCUT2D eigenvalue weighted by molar-refractivity contribution is 0.0694. The molecule has 0 unspecified atom stereocenters. The molecule has 0 bridgehead atoms. The van der Waals surface area contributed by atoms with Gasteiger partial charge in [-0.1, -0.05) is 0 Å². The van der Waals surface area contributed by atoms with Crippen molar-refractivity contribution in [3.8, 4) is 5.88 Å². The minimum Gasteiger partial charge on any atom is -0.482 e. The molecule has 0 radical (unpaired) electrons. The summed E-state index contributed by atoms with van der Waals surface area (Å²) >= 11 is 0. The predicted octanol–water partition coefficient (Wildman–Crippen LogP) is 1.81. The Morgan fingerprint density at radius 2 is 2.07 bits per heavy atom. The number of methoxy groups -OCH3 is 1. The van der Waals surface area contributed by atoms with Gasteiger partial charge in [0.15, 0.2) is 0 Å². The van der Waals surface area contributed by atoms with Gasteiger partial charge >= 0.3 is 5.97 Å². The lowest BCUT2D eigenvalue weighted by Crippen LogP contribution is -2.27. The number of benzene rings is 1. The van der Waals surface area contributed by atoms with E-state index in [1.165, 1.54) is 7.11 Å². The number of piperidine rings is 1. The summed E-state index contributed by atoms with van der Waals surface area (Å²) < 4.78 is 47.4. The van der Waals surface area contributed by atoms with Gasteiger partial charge in [-0.25, -0.2) is 22.3 Å². The van der Waals surface area contributed by atoms with Crippen LogP contribution in [0.3, 0.4) is 0 Å².